The molecule has 2 aromatic carbocycles. The SMILES string of the molecule is CCNC(=O)OCCN(CCOC(=O)NCC)c1ccc(N=Nc2ccc([N+](=O)[O-])cc2Cl)c(Cl)c1. The highest BCUT2D eigenvalue weighted by atomic mass is 35.5. The zero-order valence-corrected chi connectivity index (χ0v) is 21.2. The number of amides is 2. The molecule has 0 saturated heterocycles. The number of anilines is 1. The number of hydrogen-bond donors (Lipinski definition) is 2. The zero-order chi connectivity index (χ0) is 26.5. The number of benzene rings is 2. The Morgan fingerprint density at radius 3 is 1.86 bits per heavy atom. The molecule has 0 bridgehead atoms. The topological polar surface area (TPSA) is 148 Å². The highest BCUT2D eigenvalue weighted by Crippen LogP contribution is 2.34. The smallest absolute Gasteiger partial charge is 0.407 e. The van der Waals surface area contributed by atoms with Gasteiger partial charge in [0, 0.05) is 30.9 Å². The van der Waals surface area contributed by atoms with Gasteiger partial charge in [0.1, 0.15) is 24.6 Å². The van der Waals surface area contributed by atoms with E-state index in [4.69, 9.17) is 32.7 Å². The molecule has 0 atom stereocenters. The second-order valence-corrected chi connectivity index (χ2v) is 7.86. The first kappa shape index (κ1) is 28.6. The van der Waals surface area contributed by atoms with Crippen molar-refractivity contribution in [1.82, 2.24) is 10.6 Å². The van der Waals surface area contributed by atoms with Crippen molar-refractivity contribution < 1.29 is 24.0 Å². The minimum absolute atomic E-state index is 0.0751. The number of nitrogens with one attached hydrogen (secondary N) is 2. The number of azo groups is 1. The molecule has 12 nitrogen and oxygen atoms in total. The summed E-state index contributed by atoms with van der Waals surface area (Å²) in [6.45, 7) is 5.25. The predicted molar refractivity (Wildman–Crippen MR) is 136 cm³/mol. The monoisotopic (exact) mass is 540 g/mol. The third kappa shape index (κ3) is 9.19. The molecule has 36 heavy (non-hydrogen) atoms. The van der Waals surface area contributed by atoms with Crippen molar-refractivity contribution in [3.05, 3.63) is 56.6 Å². The first-order chi connectivity index (χ1) is 17.2. The average molecular weight is 541 g/mol. The maximum Gasteiger partial charge on any atom is 0.407 e. The third-order valence-corrected chi connectivity index (χ3v) is 5.14. The number of non-ortho nitro benzene ring substituents is 1. The number of carbonyl (C=O) groups excluding carboxylic acids is 2. The fourth-order valence-electron chi connectivity index (χ4n) is 2.83. The van der Waals surface area contributed by atoms with E-state index < -0.39 is 17.1 Å². The average Bonchev–Trinajstić information content (AvgIpc) is 2.83. The van der Waals surface area contributed by atoms with E-state index in [-0.39, 0.29) is 34.6 Å². The first-order valence-corrected chi connectivity index (χ1v) is 11.7. The second-order valence-electron chi connectivity index (χ2n) is 7.05. The Morgan fingerprint density at radius 2 is 1.42 bits per heavy atom. The van der Waals surface area contributed by atoms with Crippen molar-refractivity contribution in [3.63, 3.8) is 0 Å². The van der Waals surface area contributed by atoms with E-state index in [9.17, 15) is 19.7 Å². The lowest BCUT2D eigenvalue weighted by atomic mass is 10.2. The summed E-state index contributed by atoms with van der Waals surface area (Å²) in [5, 5.41) is 24.4. The van der Waals surface area contributed by atoms with Crippen LogP contribution in [0, 0.1) is 10.1 Å². The lowest BCUT2D eigenvalue weighted by molar-refractivity contribution is -0.384. The Bertz CT molecular complexity index is 1080. The molecule has 2 aromatic rings. The van der Waals surface area contributed by atoms with E-state index >= 15 is 0 Å². The van der Waals surface area contributed by atoms with E-state index in [0.29, 0.717) is 37.6 Å². The summed E-state index contributed by atoms with van der Waals surface area (Å²) in [5.41, 5.74) is 1.10. The highest BCUT2D eigenvalue weighted by Gasteiger charge is 2.13. The quantitative estimate of drug-likeness (QED) is 0.201. The minimum atomic E-state index is -0.559. The lowest BCUT2D eigenvalue weighted by Gasteiger charge is -2.25. The van der Waals surface area contributed by atoms with Gasteiger partial charge in [-0.05, 0) is 38.1 Å². The van der Waals surface area contributed by atoms with Crippen LogP contribution in [0.3, 0.4) is 0 Å². The Hall–Kier alpha value is -3.64. The van der Waals surface area contributed by atoms with Crippen LogP contribution in [0.15, 0.2) is 46.6 Å². The predicted octanol–water partition coefficient (Wildman–Crippen LogP) is 5.62. The molecule has 2 rings (SSSR count). The molecule has 194 valence electrons. The van der Waals surface area contributed by atoms with Crippen molar-refractivity contribution in [1.29, 1.82) is 0 Å². The largest absolute Gasteiger partial charge is 0.448 e. The zero-order valence-electron chi connectivity index (χ0n) is 19.7. The summed E-state index contributed by atoms with van der Waals surface area (Å²) >= 11 is 12.5. The molecule has 0 aliphatic carbocycles. The van der Waals surface area contributed by atoms with Crippen molar-refractivity contribution in [2.75, 3.05) is 44.3 Å². The molecule has 14 heteroatoms. The highest BCUT2D eigenvalue weighted by molar-refractivity contribution is 6.33. The molecule has 0 spiro atoms. The Balaban J connectivity index is 2.13. The summed E-state index contributed by atoms with van der Waals surface area (Å²) in [6, 6.07) is 8.85. The van der Waals surface area contributed by atoms with Gasteiger partial charge in [0.15, 0.2) is 0 Å². The van der Waals surface area contributed by atoms with Crippen LogP contribution in [-0.2, 0) is 9.47 Å². The molecule has 2 amide bonds. The Labute approximate surface area is 217 Å². The van der Waals surface area contributed by atoms with E-state index in [2.05, 4.69) is 20.9 Å². The molecular formula is C22H26Cl2N6O6. The number of carbonyl (C=O) groups is 2. The van der Waals surface area contributed by atoms with Crippen LogP contribution in [0.1, 0.15) is 13.8 Å². The van der Waals surface area contributed by atoms with Gasteiger partial charge in [0.05, 0.1) is 28.1 Å². The van der Waals surface area contributed by atoms with Gasteiger partial charge in [-0.1, -0.05) is 23.2 Å². The van der Waals surface area contributed by atoms with Crippen molar-refractivity contribution in [2.45, 2.75) is 13.8 Å². The number of nitro benzene ring substituents is 1. The van der Waals surface area contributed by atoms with Crippen LogP contribution in [-0.4, -0.2) is 56.5 Å². The summed E-state index contributed by atoms with van der Waals surface area (Å²) in [7, 11) is 0. The molecule has 0 aliphatic heterocycles. The number of ether oxygens (including phenoxy) is 2. The van der Waals surface area contributed by atoms with Gasteiger partial charge in [0.2, 0.25) is 0 Å². The second kappa shape index (κ2) is 14.7. The summed E-state index contributed by atoms with van der Waals surface area (Å²) in [6.07, 6.45) is -1.07. The fourth-order valence-corrected chi connectivity index (χ4v) is 3.25. The minimum Gasteiger partial charge on any atom is -0.448 e. The van der Waals surface area contributed by atoms with Gasteiger partial charge in [-0.15, -0.1) is 10.2 Å². The van der Waals surface area contributed by atoms with Gasteiger partial charge >= 0.3 is 12.2 Å². The normalized spacial score (nSPS) is 10.7. The van der Waals surface area contributed by atoms with Crippen LogP contribution in [0.5, 0.6) is 0 Å². The van der Waals surface area contributed by atoms with Crippen LogP contribution < -0.4 is 15.5 Å². The van der Waals surface area contributed by atoms with Crippen molar-refractivity contribution in [3.8, 4) is 0 Å². The summed E-state index contributed by atoms with van der Waals surface area (Å²) in [5.74, 6) is 0. The fraction of sp³-hybridized carbons (Fsp3) is 0.364. The maximum absolute atomic E-state index is 11.6. The van der Waals surface area contributed by atoms with Gasteiger partial charge in [-0.25, -0.2) is 9.59 Å². The molecule has 0 aromatic heterocycles. The molecule has 2 N–H and O–H groups in total. The van der Waals surface area contributed by atoms with Crippen LogP contribution >= 0.6 is 23.2 Å². The molecule has 0 saturated carbocycles. The lowest BCUT2D eigenvalue weighted by Crippen LogP contribution is -2.34. The number of nitro groups is 1. The number of rotatable bonds is 12. The number of nitrogens with zero attached hydrogens (tertiary/aromatic N) is 4. The molecule has 0 fully saturated rings. The van der Waals surface area contributed by atoms with Crippen LogP contribution in [0.4, 0.5) is 32.3 Å². The van der Waals surface area contributed by atoms with Gasteiger partial charge in [0.25, 0.3) is 5.69 Å². The van der Waals surface area contributed by atoms with E-state index in [1.54, 1.807) is 32.0 Å². The molecule has 0 heterocycles. The van der Waals surface area contributed by atoms with Crippen LogP contribution in [0.25, 0.3) is 0 Å². The number of alkyl carbamates (subject to hydrolysis) is 2. The molecule has 0 radical (unpaired) electrons. The van der Waals surface area contributed by atoms with E-state index in [1.165, 1.54) is 18.2 Å². The van der Waals surface area contributed by atoms with E-state index in [0.717, 1.165) is 0 Å². The molecular weight excluding hydrogens is 515 g/mol. The number of halogens is 2. The van der Waals surface area contributed by atoms with E-state index in [1.807, 2.05) is 4.90 Å². The van der Waals surface area contributed by atoms with Crippen LogP contribution in [0.2, 0.25) is 10.0 Å². The molecule has 0 unspecified atom stereocenters. The third-order valence-electron chi connectivity index (χ3n) is 4.53. The van der Waals surface area contributed by atoms with Crippen molar-refractivity contribution >= 4 is 58.1 Å². The maximum atomic E-state index is 11.6. The first-order valence-electron chi connectivity index (χ1n) is 11.0. The van der Waals surface area contributed by atoms with Crippen molar-refractivity contribution in [2.24, 2.45) is 10.2 Å². The number of hydrogen-bond acceptors (Lipinski definition) is 9. The van der Waals surface area contributed by atoms with Gasteiger partial charge in [-0.2, -0.15) is 0 Å². The van der Waals surface area contributed by atoms with Gasteiger partial charge < -0.3 is 25.0 Å². The Kier molecular flexibility index (Phi) is 11.7. The summed E-state index contributed by atoms with van der Waals surface area (Å²) in [4.78, 5) is 35.3. The Morgan fingerprint density at radius 1 is 0.917 bits per heavy atom. The molecule has 0 aliphatic rings. The standard InChI is InChI=1S/C22H26Cl2N6O6/c1-3-25-21(31)35-11-9-29(10-12-36-22(32)26-4-2)15-5-7-19(17(23)13-15)27-28-20-8-6-16(30(33)34)14-18(20)24/h5-8,13-14H,3-4,9-12H2,1-2H3,(H,25,31)(H,26,32). The summed E-state index contributed by atoms with van der Waals surface area (Å²) < 4.78 is 10.3. The van der Waals surface area contributed by atoms with Gasteiger partial charge in [-0.3, -0.25) is 10.1 Å².